The van der Waals surface area contributed by atoms with Crippen LogP contribution in [0.15, 0.2) is 53.9 Å². The van der Waals surface area contributed by atoms with Crippen molar-refractivity contribution in [2.24, 2.45) is 0 Å². The first-order valence-electron chi connectivity index (χ1n) is 11.3. The van der Waals surface area contributed by atoms with Gasteiger partial charge in [0.15, 0.2) is 5.13 Å². The lowest BCUT2D eigenvalue weighted by molar-refractivity contribution is -0.119. The van der Waals surface area contributed by atoms with Crippen LogP contribution >= 0.6 is 11.3 Å². The smallest absolute Gasteiger partial charge is 0.250 e. The van der Waals surface area contributed by atoms with Crippen LogP contribution in [-0.4, -0.2) is 23.4 Å². The molecule has 1 unspecified atom stereocenters. The Morgan fingerprint density at radius 1 is 1.15 bits per heavy atom. The summed E-state index contributed by atoms with van der Waals surface area (Å²) in [6.45, 7) is 8.61. The quantitative estimate of drug-likeness (QED) is 0.463. The molecule has 1 atom stereocenters. The lowest BCUT2D eigenvalue weighted by Crippen LogP contribution is -2.30. The van der Waals surface area contributed by atoms with Crippen LogP contribution in [0.2, 0.25) is 0 Å². The van der Waals surface area contributed by atoms with Gasteiger partial charge in [0.25, 0.3) is 0 Å². The van der Waals surface area contributed by atoms with Gasteiger partial charge in [0.1, 0.15) is 5.75 Å². The van der Waals surface area contributed by atoms with Gasteiger partial charge in [0, 0.05) is 35.9 Å². The van der Waals surface area contributed by atoms with Crippen molar-refractivity contribution in [1.82, 2.24) is 10.3 Å². The fourth-order valence-electron chi connectivity index (χ4n) is 3.83. The van der Waals surface area contributed by atoms with Gasteiger partial charge in [0.05, 0.1) is 18.3 Å². The van der Waals surface area contributed by atoms with Crippen molar-refractivity contribution >= 4 is 34.4 Å². The molecule has 2 heterocycles. The van der Waals surface area contributed by atoms with Gasteiger partial charge in [-0.05, 0) is 40.8 Å². The summed E-state index contributed by atoms with van der Waals surface area (Å²) in [5.74, 6) is 0.476. The first-order valence-corrected chi connectivity index (χ1v) is 12.2. The molecule has 2 aromatic carbocycles. The lowest BCUT2D eigenvalue weighted by Gasteiger charge is -2.26. The first-order chi connectivity index (χ1) is 16.2. The highest BCUT2D eigenvalue weighted by Crippen LogP contribution is 2.36. The zero-order valence-corrected chi connectivity index (χ0v) is 20.7. The predicted molar refractivity (Wildman–Crippen MR) is 137 cm³/mol. The fraction of sp³-hybridized carbons (Fsp3) is 0.296. The Kier molecular flexibility index (Phi) is 6.84. The van der Waals surface area contributed by atoms with E-state index in [2.05, 4.69) is 48.5 Å². The second-order valence-corrected chi connectivity index (χ2v) is 10.2. The molecule has 0 fully saturated rings. The van der Waals surface area contributed by atoms with Crippen LogP contribution in [-0.2, 0) is 15.0 Å². The summed E-state index contributed by atoms with van der Waals surface area (Å²) in [5, 5.41) is 8.25. The Hall–Kier alpha value is -3.45. The number of benzene rings is 2. The second kappa shape index (κ2) is 9.81. The Morgan fingerprint density at radius 3 is 2.62 bits per heavy atom. The fourth-order valence-corrected chi connectivity index (χ4v) is 4.55. The number of hydrogen-bond donors (Lipinski definition) is 2. The number of ether oxygens (including phenoxy) is 1. The van der Waals surface area contributed by atoms with Gasteiger partial charge in [-0.1, -0.05) is 45.0 Å². The molecule has 3 aromatic rings. The van der Waals surface area contributed by atoms with Crippen molar-refractivity contribution in [2.75, 3.05) is 11.9 Å². The van der Waals surface area contributed by atoms with Crippen molar-refractivity contribution in [2.45, 2.75) is 45.6 Å². The SMILES string of the molecule is CC(=O)NC1CCOc2ccc(-c3csc(NC(=O)/C=C/c4ccc(C(C)(C)C)cc4)n3)cc21. The first kappa shape index (κ1) is 23.7. The third-order valence-electron chi connectivity index (χ3n) is 5.66. The van der Waals surface area contributed by atoms with Gasteiger partial charge < -0.3 is 10.1 Å². The van der Waals surface area contributed by atoms with Crippen molar-refractivity contribution in [3.05, 3.63) is 70.6 Å². The van der Waals surface area contributed by atoms with Gasteiger partial charge in [-0.25, -0.2) is 4.98 Å². The Morgan fingerprint density at radius 2 is 1.91 bits per heavy atom. The zero-order valence-electron chi connectivity index (χ0n) is 19.8. The van der Waals surface area contributed by atoms with Crippen LogP contribution in [0.1, 0.15) is 56.8 Å². The molecular formula is C27H29N3O3S. The van der Waals surface area contributed by atoms with Gasteiger partial charge >= 0.3 is 0 Å². The minimum Gasteiger partial charge on any atom is -0.493 e. The Balaban J connectivity index is 1.43. The second-order valence-electron chi connectivity index (χ2n) is 9.38. The Bertz CT molecular complexity index is 1220. The van der Waals surface area contributed by atoms with E-state index in [1.165, 1.54) is 29.9 Å². The molecule has 0 saturated heterocycles. The number of aromatic nitrogens is 1. The molecule has 4 rings (SSSR count). The minimum absolute atomic E-state index is 0.0693. The third kappa shape index (κ3) is 5.72. The van der Waals surface area contributed by atoms with Gasteiger partial charge in [-0.15, -0.1) is 11.3 Å². The molecule has 1 aromatic heterocycles. The number of fused-ring (bicyclic) bond motifs is 1. The van der Waals surface area contributed by atoms with E-state index < -0.39 is 0 Å². The number of rotatable bonds is 5. The molecule has 176 valence electrons. The molecule has 34 heavy (non-hydrogen) atoms. The molecule has 2 amide bonds. The van der Waals surface area contributed by atoms with E-state index in [0.29, 0.717) is 11.7 Å². The topological polar surface area (TPSA) is 80.3 Å². The monoisotopic (exact) mass is 475 g/mol. The molecule has 2 N–H and O–H groups in total. The maximum Gasteiger partial charge on any atom is 0.250 e. The molecule has 0 spiro atoms. The summed E-state index contributed by atoms with van der Waals surface area (Å²) < 4.78 is 5.74. The molecule has 7 heteroatoms. The molecule has 6 nitrogen and oxygen atoms in total. The molecular weight excluding hydrogens is 446 g/mol. The van der Waals surface area contributed by atoms with Gasteiger partial charge in [0.2, 0.25) is 11.8 Å². The standard InChI is InChI=1S/C27H29N3O3S/c1-17(31)28-22-13-14-33-24-11-8-19(15-21(22)24)23-16-34-26(29-23)30-25(32)12-7-18-5-9-20(10-6-18)27(2,3)4/h5-12,15-16,22H,13-14H2,1-4H3,(H,28,31)(H,29,30,32)/b12-7+. The summed E-state index contributed by atoms with van der Waals surface area (Å²) in [6, 6.07) is 14.0. The summed E-state index contributed by atoms with van der Waals surface area (Å²) in [6.07, 6.45) is 4.03. The molecule has 1 aliphatic heterocycles. The number of nitrogens with zero attached hydrogens (tertiary/aromatic N) is 1. The zero-order chi connectivity index (χ0) is 24.3. The van der Waals surface area contributed by atoms with Crippen molar-refractivity contribution in [3.63, 3.8) is 0 Å². The molecule has 0 saturated carbocycles. The summed E-state index contributed by atoms with van der Waals surface area (Å²) >= 11 is 1.37. The van der Waals surface area contributed by atoms with Crippen LogP contribution in [0.5, 0.6) is 5.75 Å². The lowest BCUT2D eigenvalue weighted by atomic mass is 9.87. The largest absolute Gasteiger partial charge is 0.493 e. The number of carbonyl (C=O) groups is 2. The molecule has 0 bridgehead atoms. The highest BCUT2D eigenvalue weighted by Gasteiger charge is 2.23. The van der Waals surface area contributed by atoms with Crippen LogP contribution in [0.4, 0.5) is 5.13 Å². The summed E-state index contributed by atoms with van der Waals surface area (Å²) in [5.41, 5.74) is 4.92. The number of nitrogens with one attached hydrogen (secondary N) is 2. The van der Waals surface area contributed by atoms with Crippen molar-refractivity contribution in [1.29, 1.82) is 0 Å². The van der Waals surface area contributed by atoms with E-state index >= 15 is 0 Å². The van der Waals surface area contributed by atoms with E-state index in [9.17, 15) is 9.59 Å². The van der Waals surface area contributed by atoms with Crippen LogP contribution in [0, 0.1) is 0 Å². The molecule has 1 aliphatic rings. The van der Waals surface area contributed by atoms with Gasteiger partial charge in [-0.3, -0.25) is 14.9 Å². The number of anilines is 1. The normalized spacial score (nSPS) is 15.5. The average molecular weight is 476 g/mol. The van der Waals surface area contributed by atoms with E-state index in [1.54, 1.807) is 6.08 Å². The van der Waals surface area contributed by atoms with E-state index in [0.717, 1.165) is 34.6 Å². The van der Waals surface area contributed by atoms with E-state index in [-0.39, 0.29) is 23.3 Å². The van der Waals surface area contributed by atoms with Crippen molar-refractivity contribution < 1.29 is 14.3 Å². The van der Waals surface area contributed by atoms with E-state index in [4.69, 9.17) is 4.74 Å². The maximum atomic E-state index is 12.4. The van der Waals surface area contributed by atoms with E-state index in [1.807, 2.05) is 35.7 Å². The third-order valence-corrected chi connectivity index (χ3v) is 6.42. The van der Waals surface area contributed by atoms with Crippen LogP contribution in [0.3, 0.4) is 0 Å². The highest BCUT2D eigenvalue weighted by molar-refractivity contribution is 7.14. The minimum atomic E-state index is -0.231. The van der Waals surface area contributed by atoms with Crippen LogP contribution in [0.25, 0.3) is 17.3 Å². The van der Waals surface area contributed by atoms with Crippen LogP contribution < -0.4 is 15.4 Å². The summed E-state index contributed by atoms with van der Waals surface area (Å²) in [7, 11) is 0. The van der Waals surface area contributed by atoms with Crippen molar-refractivity contribution in [3.8, 4) is 17.0 Å². The molecule has 0 radical (unpaired) electrons. The Labute approximate surface area is 204 Å². The predicted octanol–water partition coefficient (Wildman–Crippen LogP) is 5.72. The van der Waals surface area contributed by atoms with Gasteiger partial charge in [-0.2, -0.15) is 0 Å². The number of hydrogen-bond acceptors (Lipinski definition) is 5. The molecule has 0 aliphatic carbocycles. The number of thiazole rings is 1. The average Bonchev–Trinajstić information content (AvgIpc) is 3.25. The number of carbonyl (C=O) groups excluding carboxylic acids is 2. The highest BCUT2D eigenvalue weighted by atomic mass is 32.1. The maximum absolute atomic E-state index is 12.4. The summed E-state index contributed by atoms with van der Waals surface area (Å²) in [4.78, 5) is 28.6. The number of amides is 2.